The monoisotopic (exact) mass is 340 g/mol. The Morgan fingerprint density at radius 2 is 2.18 bits per heavy atom. The van der Waals surface area contributed by atoms with Crippen molar-refractivity contribution >= 4 is 40.1 Å². The molecule has 1 saturated heterocycles. The van der Waals surface area contributed by atoms with Crippen molar-refractivity contribution in [1.29, 1.82) is 0 Å². The number of anilines is 1. The number of pyridine rings is 1. The summed E-state index contributed by atoms with van der Waals surface area (Å²) < 4.78 is 20.4. The number of hydrogen-bond donors (Lipinski definition) is 0. The van der Waals surface area contributed by atoms with Crippen LogP contribution in [-0.2, 0) is 0 Å². The average molecular weight is 341 g/mol. The van der Waals surface area contributed by atoms with Crippen molar-refractivity contribution < 1.29 is 9.13 Å². The fourth-order valence-electron chi connectivity index (χ4n) is 3.26. The number of thioether (sulfide) groups is 1. The van der Waals surface area contributed by atoms with Gasteiger partial charge in [0.2, 0.25) is 5.88 Å². The number of rotatable bonds is 1. The Morgan fingerprint density at radius 3 is 2.95 bits per heavy atom. The molecule has 1 unspecified atom stereocenters. The molecule has 0 radical (unpaired) electrons. The first-order chi connectivity index (χ1) is 10.6. The van der Waals surface area contributed by atoms with Gasteiger partial charge < -0.3 is 9.64 Å². The number of aromatic nitrogens is 3. The maximum absolute atomic E-state index is 14.4. The lowest BCUT2D eigenvalue weighted by Crippen LogP contribution is -2.39. The fourth-order valence-corrected chi connectivity index (χ4v) is 3.79. The zero-order chi connectivity index (χ0) is 15.4. The largest absolute Gasteiger partial charge is 0.472 e. The molecule has 0 bridgehead atoms. The minimum absolute atomic E-state index is 0.0633. The standard InChI is InChI=1S/C14H14ClFN4OS/c1-6-7-4-3-5-20(7)12-8-10(17-14(19-12)22-2)9(16)11(15)18-13(8)21-6/h6-7H,3-5H2,1-2H3/t6?,7-/m0/s1. The highest BCUT2D eigenvalue weighted by atomic mass is 35.5. The normalized spacial score (nSPS) is 23.4. The van der Waals surface area contributed by atoms with Gasteiger partial charge in [-0.15, -0.1) is 0 Å². The molecule has 0 N–H and O–H groups in total. The lowest BCUT2D eigenvalue weighted by atomic mass is 10.1. The van der Waals surface area contributed by atoms with E-state index in [9.17, 15) is 4.39 Å². The molecule has 0 aliphatic carbocycles. The van der Waals surface area contributed by atoms with Gasteiger partial charge in [-0.2, -0.15) is 4.98 Å². The Hall–Kier alpha value is -1.34. The van der Waals surface area contributed by atoms with Crippen LogP contribution in [0.5, 0.6) is 5.88 Å². The van der Waals surface area contributed by atoms with E-state index in [1.807, 2.05) is 13.2 Å². The van der Waals surface area contributed by atoms with E-state index in [2.05, 4.69) is 19.9 Å². The highest BCUT2D eigenvalue weighted by Gasteiger charge is 2.38. The molecule has 2 aliphatic rings. The van der Waals surface area contributed by atoms with Crippen molar-refractivity contribution in [2.24, 2.45) is 0 Å². The molecule has 1 fully saturated rings. The van der Waals surface area contributed by atoms with Gasteiger partial charge in [-0.25, -0.2) is 14.4 Å². The molecule has 4 rings (SSSR count). The topological polar surface area (TPSA) is 51.1 Å². The van der Waals surface area contributed by atoms with Crippen LogP contribution in [0.15, 0.2) is 5.16 Å². The molecule has 2 aliphatic heterocycles. The lowest BCUT2D eigenvalue weighted by Gasteiger charge is -2.27. The van der Waals surface area contributed by atoms with Crippen LogP contribution in [0, 0.1) is 5.82 Å². The highest BCUT2D eigenvalue weighted by Crippen LogP contribution is 2.42. The Morgan fingerprint density at radius 1 is 1.36 bits per heavy atom. The van der Waals surface area contributed by atoms with E-state index in [1.54, 1.807) is 0 Å². The summed E-state index contributed by atoms with van der Waals surface area (Å²) in [6.45, 7) is 2.88. The summed E-state index contributed by atoms with van der Waals surface area (Å²) in [6, 6.07) is 0.212. The molecule has 2 aromatic heterocycles. The lowest BCUT2D eigenvalue weighted by molar-refractivity contribution is 0.188. The average Bonchev–Trinajstić information content (AvgIpc) is 2.97. The Bertz CT molecular complexity index is 774. The summed E-state index contributed by atoms with van der Waals surface area (Å²) >= 11 is 7.30. The van der Waals surface area contributed by atoms with E-state index in [1.165, 1.54) is 11.8 Å². The number of halogens is 2. The molecule has 5 nitrogen and oxygen atoms in total. The summed E-state index contributed by atoms with van der Waals surface area (Å²) in [5.41, 5.74) is 0.184. The van der Waals surface area contributed by atoms with Gasteiger partial charge in [0.1, 0.15) is 22.8 Å². The van der Waals surface area contributed by atoms with Crippen LogP contribution in [0.4, 0.5) is 10.2 Å². The van der Waals surface area contributed by atoms with E-state index in [-0.39, 0.29) is 22.8 Å². The molecule has 4 heterocycles. The molecular formula is C14H14ClFN4OS. The fraction of sp³-hybridized carbons (Fsp3) is 0.500. The van der Waals surface area contributed by atoms with Gasteiger partial charge in [-0.3, -0.25) is 0 Å². The van der Waals surface area contributed by atoms with Gasteiger partial charge in [-0.1, -0.05) is 23.4 Å². The Balaban J connectivity index is 2.09. The smallest absolute Gasteiger partial charge is 0.228 e. The molecule has 0 spiro atoms. The summed E-state index contributed by atoms with van der Waals surface area (Å²) in [6.07, 6.45) is 3.89. The minimum atomic E-state index is -0.617. The van der Waals surface area contributed by atoms with Crippen LogP contribution < -0.4 is 9.64 Å². The van der Waals surface area contributed by atoms with Crippen molar-refractivity contribution in [3.8, 4) is 5.88 Å². The van der Waals surface area contributed by atoms with Crippen molar-refractivity contribution in [3.63, 3.8) is 0 Å². The van der Waals surface area contributed by atoms with Crippen LogP contribution in [0.25, 0.3) is 10.9 Å². The third-order valence-corrected chi connectivity index (χ3v) is 5.06. The third kappa shape index (κ3) is 1.95. The van der Waals surface area contributed by atoms with Crippen LogP contribution >= 0.6 is 23.4 Å². The molecule has 0 saturated carbocycles. The zero-order valence-electron chi connectivity index (χ0n) is 12.1. The number of hydrogen-bond acceptors (Lipinski definition) is 6. The number of nitrogens with zero attached hydrogens (tertiary/aromatic N) is 4. The van der Waals surface area contributed by atoms with Crippen molar-refractivity contribution in [1.82, 2.24) is 15.0 Å². The molecule has 116 valence electrons. The van der Waals surface area contributed by atoms with Gasteiger partial charge in [0, 0.05) is 6.54 Å². The Kier molecular flexibility index (Phi) is 3.30. The van der Waals surface area contributed by atoms with E-state index in [0.717, 1.165) is 19.4 Å². The van der Waals surface area contributed by atoms with Crippen LogP contribution in [0.3, 0.4) is 0 Å². The predicted octanol–water partition coefficient (Wildman–Crippen LogP) is 3.29. The van der Waals surface area contributed by atoms with Gasteiger partial charge in [-0.05, 0) is 26.0 Å². The summed E-state index contributed by atoms with van der Waals surface area (Å²) in [7, 11) is 0. The first-order valence-electron chi connectivity index (χ1n) is 7.14. The second kappa shape index (κ2) is 5.09. The quantitative estimate of drug-likeness (QED) is 0.451. The SMILES string of the molecule is CSc1nc2c3c(nc(Cl)c(F)c3n1)OC(C)[C@@H]1CCCN21. The predicted molar refractivity (Wildman–Crippen MR) is 84.5 cm³/mol. The molecule has 8 heteroatoms. The van der Waals surface area contributed by atoms with E-state index < -0.39 is 5.82 Å². The van der Waals surface area contributed by atoms with Crippen LogP contribution in [0.2, 0.25) is 5.15 Å². The van der Waals surface area contributed by atoms with Crippen molar-refractivity contribution in [3.05, 3.63) is 11.0 Å². The molecular weight excluding hydrogens is 327 g/mol. The van der Waals surface area contributed by atoms with E-state index >= 15 is 0 Å². The van der Waals surface area contributed by atoms with Gasteiger partial charge >= 0.3 is 0 Å². The zero-order valence-corrected chi connectivity index (χ0v) is 13.7. The maximum Gasteiger partial charge on any atom is 0.228 e. The van der Waals surface area contributed by atoms with Crippen molar-refractivity contribution in [2.75, 3.05) is 17.7 Å². The van der Waals surface area contributed by atoms with E-state index in [4.69, 9.17) is 16.3 Å². The van der Waals surface area contributed by atoms with Gasteiger partial charge in [0.25, 0.3) is 0 Å². The minimum Gasteiger partial charge on any atom is -0.472 e. The first-order valence-corrected chi connectivity index (χ1v) is 8.74. The van der Waals surface area contributed by atoms with Crippen molar-refractivity contribution in [2.45, 2.75) is 37.1 Å². The van der Waals surface area contributed by atoms with Crippen LogP contribution in [-0.4, -0.2) is 39.9 Å². The second-order valence-electron chi connectivity index (χ2n) is 5.51. The second-order valence-corrected chi connectivity index (χ2v) is 6.64. The van der Waals surface area contributed by atoms with Gasteiger partial charge in [0.15, 0.2) is 16.1 Å². The van der Waals surface area contributed by atoms with Gasteiger partial charge in [0.05, 0.1) is 6.04 Å². The summed E-state index contributed by atoms with van der Waals surface area (Å²) in [4.78, 5) is 15.2. The molecule has 0 amide bonds. The first kappa shape index (κ1) is 14.3. The highest BCUT2D eigenvalue weighted by molar-refractivity contribution is 7.98. The third-order valence-electron chi connectivity index (χ3n) is 4.27. The number of ether oxygens (including phenoxy) is 1. The maximum atomic E-state index is 14.4. The summed E-state index contributed by atoms with van der Waals surface area (Å²) in [5, 5.41) is 0.833. The molecule has 22 heavy (non-hydrogen) atoms. The summed E-state index contributed by atoms with van der Waals surface area (Å²) in [5.74, 6) is 0.415. The molecule has 2 atom stereocenters. The molecule has 2 aromatic rings. The number of fused-ring (bicyclic) bond motifs is 2. The Labute approximate surface area is 136 Å². The molecule has 0 aromatic carbocycles. The van der Waals surface area contributed by atoms with E-state index in [0.29, 0.717) is 22.2 Å². The van der Waals surface area contributed by atoms with Crippen LogP contribution in [0.1, 0.15) is 19.8 Å².